The Bertz CT molecular complexity index is 526. The topological polar surface area (TPSA) is 80.3 Å². The number of rotatable bonds is 4. The first-order chi connectivity index (χ1) is 10.3. The van der Waals surface area contributed by atoms with Crippen LogP contribution < -0.4 is 0 Å². The standard InChI is InChI=1S/C15H20O7/c1-8(7-18-4)12(16)22-15-5-9(19-13(15)17)11-10(6-15)20-14(2,3)21-11/h9-11H,1,5-7H2,2-4H3. The molecule has 1 aliphatic carbocycles. The Labute approximate surface area is 128 Å². The van der Waals surface area contributed by atoms with Gasteiger partial charge in [-0.05, 0) is 13.8 Å². The molecule has 1 saturated carbocycles. The van der Waals surface area contributed by atoms with Crippen LogP contribution in [0, 0.1) is 0 Å². The second-order valence-electron chi connectivity index (χ2n) is 6.41. The summed E-state index contributed by atoms with van der Waals surface area (Å²) in [5.41, 5.74) is -1.16. The number of hydrogen-bond acceptors (Lipinski definition) is 7. The zero-order valence-corrected chi connectivity index (χ0v) is 12.9. The highest BCUT2D eigenvalue weighted by atomic mass is 16.8. The lowest BCUT2D eigenvalue weighted by Crippen LogP contribution is -2.50. The predicted octanol–water partition coefficient (Wildman–Crippen LogP) is 0.710. The smallest absolute Gasteiger partial charge is 0.351 e. The van der Waals surface area contributed by atoms with Crippen LogP contribution in [0.1, 0.15) is 26.7 Å². The van der Waals surface area contributed by atoms with Crippen molar-refractivity contribution in [1.82, 2.24) is 0 Å². The van der Waals surface area contributed by atoms with E-state index >= 15 is 0 Å². The van der Waals surface area contributed by atoms with Gasteiger partial charge in [-0.15, -0.1) is 0 Å². The summed E-state index contributed by atoms with van der Waals surface area (Å²) in [4.78, 5) is 24.3. The molecule has 0 aromatic carbocycles. The molecule has 2 bridgehead atoms. The molecule has 2 saturated heterocycles. The molecule has 3 fully saturated rings. The minimum atomic E-state index is -1.32. The highest BCUT2D eigenvalue weighted by Crippen LogP contribution is 2.48. The first kappa shape index (κ1) is 15.5. The van der Waals surface area contributed by atoms with Crippen molar-refractivity contribution in [2.45, 2.75) is 56.4 Å². The summed E-state index contributed by atoms with van der Waals surface area (Å²) in [5.74, 6) is -1.94. The lowest BCUT2D eigenvalue weighted by Gasteiger charge is -2.33. The van der Waals surface area contributed by atoms with Crippen molar-refractivity contribution >= 4 is 11.9 Å². The zero-order chi connectivity index (χ0) is 16.1. The second-order valence-corrected chi connectivity index (χ2v) is 6.41. The maximum atomic E-state index is 12.2. The number of carbonyl (C=O) groups excluding carboxylic acids is 2. The fourth-order valence-electron chi connectivity index (χ4n) is 3.31. The molecule has 2 heterocycles. The zero-order valence-electron chi connectivity index (χ0n) is 12.9. The lowest BCUT2D eigenvalue weighted by molar-refractivity contribution is -0.179. The number of hydrogen-bond donors (Lipinski definition) is 0. The third-order valence-electron chi connectivity index (χ3n) is 4.18. The lowest BCUT2D eigenvalue weighted by atomic mass is 9.82. The first-order valence-electron chi connectivity index (χ1n) is 7.23. The van der Waals surface area contributed by atoms with Crippen LogP contribution in [0.5, 0.6) is 0 Å². The Kier molecular flexibility index (Phi) is 3.54. The minimum Gasteiger partial charge on any atom is -0.456 e. The largest absolute Gasteiger partial charge is 0.456 e. The molecular weight excluding hydrogens is 292 g/mol. The molecule has 4 atom stereocenters. The van der Waals surface area contributed by atoms with Crippen molar-refractivity contribution in [3.8, 4) is 0 Å². The summed E-state index contributed by atoms with van der Waals surface area (Å²) in [5, 5.41) is 0. The van der Waals surface area contributed by atoms with Crippen molar-refractivity contribution in [1.29, 1.82) is 0 Å². The molecule has 7 nitrogen and oxygen atoms in total. The van der Waals surface area contributed by atoms with E-state index in [2.05, 4.69) is 6.58 Å². The number of carbonyl (C=O) groups is 2. The highest BCUT2D eigenvalue weighted by molar-refractivity contribution is 5.92. The average molecular weight is 312 g/mol. The normalized spacial score (nSPS) is 38.3. The predicted molar refractivity (Wildman–Crippen MR) is 72.8 cm³/mol. The Morgan fingerprint density at radius 1 is 1.32 bits per heavy atom. The van der Waals surface area contributed by atoms with Crippen LogP contribution in [-0.4, -0.2) is 55.4 Å². The van der Waals surface area contributed by atoms with Gasteiger partial charge in [0.15, 0.2) is 5.79 Å². The molecule has 0 N–H and O–H groups in total. The summed E-state index contributed by atoms with van der Waals surface area (Å²) < 4.78 is 27.2. The van der Waals surface area contributed by atoms with Gasteiger partial charge in [0.25, 0.3) is 0 Å². The highest BCUT2D eigenvalue weighted by Gasteiger charge is 2.65. The van der Waals surface area contributed by atoms with Gasteiger partial charge in [0.1, 0.15) is 12.2 Å². The third-order valence-corrected chi connectivity index (χ3v) is 4.18. The molecule has 7 heteroatoms. The second kappa shape index (κ2) is 5.04. The number of fused-ring (bicyclic) bond motifs is 4. The maximum absolute atomic E-state index is 12.2. The molecular formula is C15H20O7. The van der Waals surface area contributed by atoms with Crippen LogP contribution in [-0.2, 0) is 33.3 Å². The molecule has 3 aliphatic rings. The average Bonchev–Trinajstić information content (AvgIpc) is 2.86. The summed E-state index contributed by atoms with van der Waals surface area (Å²) in [6.07, 6.45) is -0.628. The van der Waals surface area contributed by atoms with Gasteiger partial charge in [-0.3, -0.25) is 0 Å². The van der Waals surface area contributed by atoms with Gasteiger partial charge >= 0.3 is 11.9 Å². The monoisotopic (exact) mass is 312 g/mol. The van der Waals surface area contributed by atoms with Crippen LogP contribution in [0.2, 0.25) is 0 Å². The molecule has 0 aromatic heterocycles. The summed E-state index contributed by atoms with van der Waals surface area (Å²) >= 11 is 0. The molecule has 4 unspecified atom stereocenters. The number of ether oxygens (including phenoxy) is 5. The number of esters is 2. The van der Waals surface area contributed by atoms with Gasteiger partial charge < -0.3 is 23.7 Å². The van der Waals surface area contributed by atoms with Crippen LogP contribution >= 0.6 is 0 Å². The summed E-state index contributed by atoms with van der Waals surface area (Å²) in [6, 6.07) is 0. The molecule has 3 rings (SSSR count). The van der Waals surface area contributed by atoms with Gasteiger partial charge in [-0.25, -0.2) is 9.59 Å². The van der Waals surface area contributed by atoms with E-state index in [4.69, 9.17) is 23.7 Å². The Balaban J connectivity index is 1.77. The first-order valence-corrected chi connectivity index (χ1v) is 7.23. The van der Waals surface area contributed by atoms with Gasteiger partial charge in [0, 0.05) is 20.0 Å². The van der Waals surface area contributed by atoms with Crippen LogP contribution in [0.15, 0.2) is 12.2 Å². The van der Waals surface area contributed by atoms with E-state index in [-0.39, 0.29) is 37.2 Å². The molecule has 0 radical (unpaired) electrons. The van der Waals surface area contributed by atoms with Crippen LogP contribution in [0.4, 0.5) is 0 Å². The van der Waals surface area contributed by atoms with Gasteiger partial charge in [-0.2, -0.15) is 0 Å². The van der Waals surface area contributed by atoms with Gasteiger partial charge in [0.05, 0.1) is 18.3 Å². The SMILES string of the molecule is C=C(COC)C(=O)OC12CC(OC1=O)C1OC(C)(C)OC1C2. The molecule has 0 amide bonds. The molecule has 22 heavy (non-hydrogen) atoms. The van der Waals surface area contributed by atoms with Crippen molar-refractivity contribution < 1.29 is 33.3 Å². The van der Waals surface area contributed by atoms with Crippen LogP contribution in [0.3, 0.4) is 0 Å². The molecule has 2 aliphatic heterocycles. The third kappa shape index (κ3) is 2.43. The Hall–Kier alpha value is -1.44. The van der Waals surface area contributed by atoms with Crippen molar-refractivity contribution in [2.75, 3.05) is 13.7 Å². The van der Waals surface area contributed by atoms with Gasteiger partial charge in [-0.1, -0.05) is 6.58 Å². The number of methoxy groups -OCH3 is 1. The van der Waals surface area contributed by atoms with E-state index in [0.29, 0.717) is 0 Å². The molecule has 0 spiro atoms. The van der Waals surface area contributed by atoms with Gasteiger partial charge in [0.2, 0.25) is 5.60 Å². The quantitative estimate of drug-likeness (QED) is 0.558. The minimum absolute atomic E-state index is 0.0477. The van der Waals surface area contributed by atoms with Crippen molar-refractivity contribution in [3.05, 3.63) is 12.2 Å². The van der Waals surface area contributed by atoms with E-state index in [1.807, 2.05) is 0 Å². The van der Waals surface area contributed by atoms with Crippen molar-refractivity contribution in [2.24, 2.45) is 0 Å². The fourth-order valence-corrected chi connectivity index (χ4v) is 3.31. The van der Waals surface area contributed by atoms with E-state index in [1.165, 1.54) is 7.11 Å². The van der Waals surface area contributed by atoms with E-state index in [0.717, 1.165) is 0 Å². The maximum Gasteiger partial charge on any atom is 0.351 e. The van der Waals surface area contributed by atoms with Crippen LogP contribution in [0.25, 0.3) is 0 Å². The fraction of sp³-hybridized carbons (Fsp3) is 0.733. The summed E-state index contributed by atoms with van der Waals surface area (Å²) in [6.45, 7) is 7.25. The van der Waals surface area contributed by atoms with E-state index in [1.54, 1.807) is 13.8 Å². The Morgan fingerprint density at radius 2 is 2.00 bits per heavy atom. The molecule has 0 aromatic rings. The van der Waals surface area contributed by atoms with E-state index < -0.39 is 29.4 Å². The molecule has 122 valence electrons. The summed E-state index contributed by atoms with van der Waals surface area (Å²) in [7, 11) is 1.45. The Morgan fingerprint density at radius 3 is 2.68 bits per heavy atom. The van der Waals surface area contributed by atoms with Crippen molar-refractivity contribution in [3.63, 3.8) is 0 Å². The van der Waals surface area contributed by atoms with E-state index in [9.17, 15) is 9.59 Å².